The van der Waals surface area contributed by atoms with Gasteiger partial charge in [0.25, 0.3) is 0 Å². The highest BCUT2D eigenvalue weighted by Crippen LogP contribution is 2.21. The summed E-state index contributed by atoms with van der Waals surface area (Å²) >= 11 is 0. The first-order valence-electron chi connectivity index (χ1n) is 4.37. The Kier molecular flexibility index (Phi) is 4.99. The molecule has 3 nitrogen and oxygen atoms in total. The van der Waals surface area contributed by atoms with Gasteiger partial charge < -0.3 is 11.1 Å². The van der Waals surface area contributed by atoms with Crippen LogP contribution >= 0.6 is 0 Å². The second kappa shape index (κ2) is 5.29. The largest absolute Gasteiger partial charge is 0.348 e. The van der Waals surface area contributed by atoms with Crippen LogP contribution in [0.15, 0.2) is 0 Å². The summed E-state index contributed by atoms with van der Waals surface area (Å²) in [6, 6.07) is -0.974. The molecule has 0 aliphatic carbocycles. The Labute approximate surface area is 85.0 Å². The molecule has 3 N–H and O–H groups in total. The Bertz CT molecular complexity index is 221. The molecule has 15 heavy (non-hydrogen) atoms. The number of hydrogen-bond acceptors (Lipinski definition) is 2. The van der Waals surface area contributed by atoms with E-state index >= 15 is 0 Å². The molecule has 0 spiro atoms. The highest BCUT2D eigenvalue weighted by molar-refractivity contribution is 5.81. The normalized spacial score (nSPS) is 14.5. The van der Waals surface area contributed by atoms with Crippen LogP contribution in [-0.4, -0.2) is 30.8 Å². The number of halogens is 4. The summed E-state index contributed by atoms with van der Waals surface area (Å²) in [6.45, 7) is 1.84. The van der Waals surface area contributed by atoms with E-state index in [1.54, 1.807) is 19.2 Å². The lowest BCUT2D eigenvalue weighted by molar-refractivity contribution is -0.137. The standard InChI is InChI=1S/C8H14F4N2O/c1-4(2)5(13)6(15)14-3-8(11,12)7(9)10/h4-5,7H,3,13H2,1-2H3,(H,14,15)/t5-/m0/s1. The predicted molar refractivity (Wildman–Crippen MR) is 46.8 cm³/mol. The van der Waals surface area contributed by atoms with Crippen LogP contribution < -0.4 is 11.1 Å². The molecule has 0 rings (SSSR count). The van der Waals surface area contributed by atoms with Gasteiger partial charge in [0.1, 0.15) is 0 Å². The number of nitrogens with one attached hydrogen (secondary N) is 1. The molecule has 0 aromatic heterocycles. The van der Waals surface area contributed by atoms with E-state index in [-0.39, 0.29) is 5.92 Å². The lowest BCUT2D eigenvalue weighted by Crippen LogP contribution is -2.49. The fourth-order valence-corrected chi connectivity index (χ4v) is 0.703. The Morgan fingerprint density at radius 2 is 1.87 bits per heavy atom. The molecule has 0 bridgehead atoms. The number of hydrogen-bond donors (Lipinski definition) is 2. The second-order valence-corrected chi connectivity index (χ2v) is 3.55. The molecule has 1 amide bonds. The molecule has 90 valence electrons. The van der Waals surface area contributed by atoms with Crippen LogP contribution in [0.25, 0.3) is 0 Å². The average molecular weight is 230 g/mol. The first kappa shape index (κ1) is 14.2. The highest BCUT2D eigenvalue weighted by atomic mass is 19.3. The lowest BCUT2D eigenvalue weighted by Gasteiger charge is -2.19. The van der Waals surface area contributed by atoms with Crippen LogP contribution in [0.3, 0.4) is 0 Å². The van der Waals surface area contributed by atoms with Crippen molar-refractivity contribution in [2.45, 2.75) is 32.2 Å². The van der Waals surface area contributed by atoms with Crippen LogP contribution in [0, 0.1) is 5.92 Å². The Morgan fingerprint density at radius 1 is 1.40 bits per heavy atom. The number of carbonyl (C=O) groups is 1. The molecule has 0 fully saturated rings. The van der Waals surface area contributed by atoms with E-state index in [2.05, 4.69) is 0 Å². The molecule has 0 radical (unpaired) electrons. The van der Waals surface area contributed by atoms with Gasteiger partial charge in [-0.2, -0.15) is 8.78 Å². The topological polar surface area (TPSA) is 55.1 Å². The van der Waals surface area contributed by atoms with Crippen molar-refractivity contribution in [3.8, 4) is 0 Å². The van der Waals surface area contributed by atoms with E-state index in [1.165, 1.54) is 0 Å². The van der Waals surface area contributed by atoms with Crippen molar-refractivity contribution in [3.05, 3.63) is 0 Å². The van der Waals surface area contributed by atoms with Crippen LogP contribution in [-0.2, 0) is 4.79 Å². The zero-order chi connectivity index (χ0) is 12.2. The van der Waals surface area contributed by atoms with E-state index < -0.39 is 30.8 Å². The van der Waals surface area contributed by atoms with Crippen molar-refractivity contribution in [3.63, 3.8) is 0 Å². The molecule has 0 saturated heterocycles. The van der Waals surface area contributed by atoms with Gasteiger partial charge in [0.15, 0.2) is 0 Å². The minimum Gasteiger partial charge on any atom is -0.348 e. The molecule has 0 unspecified atom stereocenters. The zero-order valence-corrected chi connectivity index (χ0v) is 8.44. The summed E-state index contributed by atoms with van der Waals surface area (Å²) in [5.74, 6) is -5.32. The van der Waals surface area contributed by atoms with E-state index in [9.17, 15) is 22.4 Å². The van der Waals surface area contributed by atoms with Gasteiger partial charge in [-0.15, -0.1) is 0 Å². The summed E-state index contributed by atoms with van der Waals surface area (Å²) < 4.78 is 48.1. The second-order valence-electron chi connectivity index (χ2n) is 3.55. The number of nitrogens with two attached hydrogens (primary N) is 1. The number of carbonyl (C=O) groups excluding carboxylic acids is 1. The number of rotatable bonds is 5. The molecule has 0 aliphatic heterocycles. The fraction of sp³-hybridized carbons (Fsp3) is 0.875. The third kappa shape index (κ3) is 4.46. The molecule has 7 heteroatoms. The van der Waals surface area contributed by atoms with E-state index in [4.69, 9.17) is 5.73 Å². The summed E-state index contributed by atoms with van der Waals surface area (Å²) in [7, 11) is 0. The van der Waals surface area contributed by atoms with Gasteiger partial charge in [-0.25, -0.2) is 8.78 Å². The first-order valence-corrected chi connectivity index (χ1v) is 4.37. The van der Waals surface area contributed by atoms with Gasteiger partial charge in [-0.05, 0) is 5.92 Å². The van der Waals surface area contributed by atoms with Crippen LogP contribution in [0.5, 0.6) is 0 Å². The smallest absolute Gasteiger partial charge is 0.324 e. The summed E-state index contributed by atoms with van der Waals surface area (Å²) in [5.41, 5.74) is 5.32. The molecule has 0 heterocycles. The monoisotopic (exact) mass is 230 g/mol. The van der Waals surface area contributed by atoms with Crippen LogP contribution in [0.2, 0.25) is 0 Å². The Morgan fingerprint density at radius 3 is 2.20 bits per heavy atom. The van der Waals surface area contributed by atoms with Gasteiger partial charge in [0, 0.05) is 0 Å². The van der Waals surface area contributed by atoms with Gasteiger partial charge in [-0.1, -0.05) is 13.8 Å². The van der Waals surface area contributed by atoms with Gasteiger partial charge in [-0.3, -0.25) is 4.79 Å². The van der Waals surface area contributed by atoms with Gasteiger partial charge >= 0.3 is 12.3 Å². The molecule has 0 aromatic carbocycles. The van der Waals surface area contributed by atoms with Crippen molar-refractivity contribution in [2.75, 3.05) is 6.54 Å². The Balaban J connectivity index is 4.12. The van der Waals surface area contributed by atoms with Crippen molar-refractivity contribution in [1.82, 2.24) is 5.32 Å². The maximum atomic E-state index is 12.4. The lowest BCUT2D eigenvalue weighted by atomic mass is 10.1. The third-order valence-electron chi connectivity index (χ3n) is 1.84. The zero-order valence-electron chi connectivity index (χ0n) is 8.44. The third-order valence-corrected chi connectivity index (χ3v) is 1.84. The molecular weight excluding hydrogens is 216 g/mol. The SMILES string of the molecule is CC(C)[C@H](N)C(=O)NCC(F)(F)C(F)F. The number of amides is 1. The average Bonchev–Trinajstić information content (AvgIpc) is 2.12. The molecule has 0 aromatic rings. The minimum absolute atomic E-state index is 0.245. The van der Waals surface area contributed by atoms with Gasteiger partial charge in [0.05, 0.1) is 12.6 Å². The Hall–Kier alpha value is -0.850. The highest BCUT2D eigenvalue weighted by Gasteiger charge is 2.41. The molecule has 0 saturated carbocycles. The van der Waals surface area contributed by atoms with E-state index in [0.717, 1.165) is 0 Å². The van der Waals surface area contributed by atoms with Crippen LogP contribution in [0.1, 0.15) is 13.8 Å². The fourth-order valence-electron chi connectivity index (χ4n) is 0.703. The first-order chi connectivity index (χ1) is 6.68. The summed E-state index contributed by atoms with van der Waals surface area (Å²) in [6.07, 6.45) is -3.80. The quantitative estimate of drug-likeness (QED) is 0.692. The molecule has 0 aliphatic rings. The van der Waals surface area contributed by atoms with Crippen molar-refractivity contribution in [2.24, 2.45) is 11.7 Å². The summed E-state index contributed by atoms with van der Waals surface area (Å²) in [4.78, 5) is 11.0. The van der Waals surface area contributed by atoms with Gasteiger partial charge in [0.2, 0.25) is 5.91 Å². The summed E-state index contributed by atoms with van der Waals surface area (Å²) in [5, 5.41) is 1.69. The van der Waals surface area contributed by atoms with E-state index in [1.807, 2.05) is 0 Å². The van der Waals surface area contributed by atoms with Crippen molar-refractivity contribution >= 4 is 5.91 Å². The number of alkyl halides is 4. The minimum atomic E-state index is -4.22. The maximum Gasteiger partial charge on any atom is 0.324 e. The molecule has 1 atom stereocenters. The van der Waals surface area contributed by atoms with Crippen LogP contribution in [0.4, 0.5) is 17.6 Å². The molecular formula is C8H14F4N2O. The maximum absolute atomic E-state index is 12.4. The van der Waals surface area contributed by atoms with Crippen molar-refractivity contribution < 1.29 is 22.4 Å². The van der Waals surface area contributed by atoms with E-state index in [0.29, 0.717) is 0 Å². The predicted octanol–water partition coefficient (Wildman–Crippen LogP) is 0.986. The van der Waals surface area contributed by atoms with Crippen molar-refractivity contribution in [1.29, 1.82) is 0 Å².